The maximum Gasteiger partial charge on any atom is 0.128 e. The van der Waals surface area contributed by atoms with Crippen LogP contribution in [0.2, 0.25) is 0 Å². The normalized spacial score (nSPS) is 23.5. The predicted molar refractivity (Wildman–Crippen MR) is 86.0 cm³/mol. The summed E-state index contributed by atoms with van der Waals surface area (Å²) in [5, 5.41) is 1.18. The van der Waals surface area contributed by atoms with E-state index in [9.17, 15) is 0 Å². The van der Waals surface area contributed by atoms with Crippen molar-refractivity contribution in [2.24, 2.45) is 0 Å². The van der Waals surface area contributed by atoms with E-state index in [1.165, 1.54) is 43.4 Å². The maximum atomic E-state index is 6.16. The molecule has 1 aromatic carbocycles. The average molecular weight is 282 g/mol. The first-order valence-electron chi connectivity index (χ1n) is 7.90. The van der Waals surface area contributed by atoms with Crippen molar-refractivity contribution in [2.45, 2.75) is 25.4 Å². The van der Waals surface area contributed by atoms with Gasteiger partial charge in [0.25, 0.3) is 0 Å². The number of pyridine rings is 1. The van der Waals surface area contributed by atoms with Crippen LogP contribution in [0.4, 0.5) is 5.82 Å². The molecule has 2 aromatic rings. The van der Waals surface area contributed by atoms with Gasteiger partial charge in [-0.05, 0) is 31.5 Å². The zero-order valence-corrected chi connectivity index (χ0v) is 12.3. The van der Waals surface area contributed by atoms with Gasteiger partial charge in [0.2, 0.25) is 0 Å². The number of nitrogen functional groups attached to an aromatic ring is 1. The second kappa shape index (κ2) is 5.28. The van der Waals surface area contributed by atoms with Crippen LogP contribution in [0.5, 0.6) is 0 Å². The molecular weight excluding hydrogens is 260 g/mol. The topological polar surface area (TPSA) is 45.4 Å². The van der Waals surface area contributed by atoms with E-state index in [2.05, 4.69) is 33.0 Å². The lowest BCUT2D eigenvalue weighted by molar-refractivity contribution is 0.0995. The Morgan fingerprint density at radius 1 is 1.19 bits per heavy atom. The fourth-order valence-electron chi connectivity index (χ4n) is 3.74. The van der Waals surface area contributed by atoms with Gasteiger partial charge in [-0.3, -0.25) is 9.80 Å². The second-order valence-electron chi connectivity index (χ2n) is 6.29. The average Bonchev–Trinajstić information content (AvgIpc) is 2.95. The minimum Gasteiger partial charge on any atom is -0.383 e. The third-order valence-corrected chi connectivity index (χ3v) is 4.90. The van der Waals surface area contributed by atoms with Gasteiger partial charge < -0.3 is 5.73 Å². The minimum atomic E-state index is 0.683. The quantitative estimate of drug-likeness (QED) is 0.916. The molecule has 2 aliphatic heterocycles. The maximum absolute atomic E-state index is 6.16. The third-order valence-electron chi connectivity index (χ3n) is 4.90. The Kier molecular flexibility index (Phi) is 3.28. The smallest absolute Gasteiger partial charge is 0.128 e. The van der Waals surface area contributed by atoms with Crippen LogP contribution in [0.25, 0.3) is 10.9 Å². The summed E-state index contributed by atoms with van der Waals surface area (Å²) in [6.45, 7) is 5.73. The number of rotatable bonds is 2. The van der Waals surface area contributed by atoms with E-state index < -0.39 is 0 Å². The first-order valence-corrected chi connectivity index (χ1v) is 7.90. The molecule has 2 aliphatic rings. The van der Waals surface area contributed by atoms with Gasteiger partial charge in [-0.15, -0.1) is 0 Å². The monoisotopic (exact) mass is 282 g/mol. The highest BCUT2D eigenvalue weighted by atomic mass is 15.3. The van der Waals surface area contributed by atoms with Crippen LogP contribution in [-0.4, -0.2) is 47.0 Å². The molecular formula is C17H22N4. The highest BCUT2D eigenvalue weighted by molar-refractivity contribution is 5.81. The Labute approximate surface area is 125 Å². The summed E-state index contributed by atoms with van der Waals surface area (Å²) >= 11 is 0. The summed E-state index contributed by atoms with van der Waals surface area (Å²) in [6.07, 6.45) is 2.71. The van der Waals surface area contributed by atoms with E-state index >= 15 is 0 Å². The van der Waals surface area contributed by atoms with E-state index in [1.54, 1.807) is 0 Å². The number of hydrogen-bond acceptors (Lipinski definition) is 4. The Morgan fingerprint density at radius 2 is 2.10 bits per heavy atom. The molecule has 0 radical (unpaired) electrons. The summed E-state index contributed by atoms with van der Waals surface area (Å²) in [7, 11) is 0. The van der Waals surface area contributed by atoms with Crippen LogP contribution in [0, 0.1) is 0 Å². The molecule has 1 aromatic heterocycles. The van der Waals surface area contributed by atoms with Crippen molar-refractivity contribution in [3.63, 3.8) is 0 Å². The molecule has 2 fully saturated rings. The van der Waals surface area contributed by atoms with E-state index in [0.29, 0.717) is 5.82 Å². The van der Waals surface area contributed by atoms with Crippen LogP contribution in [0.3, 0.4) is 0 Å². The second-order valence-corrected chi connectivity index (χ2v) is 6.29. The number of fused-ring (bicyclic) bond motifs is 2. The Hall–Kier alpha value is -1.65. The number of benzene rings is 1. The Balaban J connectivity index is 1.55. The first kappa shape index (κ1) is 13.0. The molecule has 21 heavy (non-hydrogen) atoms. The van der Waals surface area contributed by atoms with Crippen LogP contribution >= 0.6 is 0 Å². The molecule has 1 atom stereocenters. The van der Waals surface area contributed by atoms with Crippen LogP contribution < -0.4 is 5.73 Å². The molecule has 4 heteroatoms. The van der Waals surface area contributed by atoms with Crippen molar-refractivity contribution < 1.29 is 0 Å². The summed E-state index contributed by atoms with van der Waals surface area (Å²) in [5.41, 5.74) is 8.31. The highest BCUT2D eigenvalue weighted by Gasteiger charge is 2.30. The zero-order chi connectivity index (χ0) is 14.2. The largest absolute Gasteiger partial charge is 0.383 e. The van der Waals surface area contributed by atoms with E-state index in [1.807, 2.05) is 12.1 Å². The van der Waals surface area contributed by atoms with Gasteiger partial charge in [0.1, 0.15) is 5.82 Å². The zero-order valence-electron chi connectivity index (χ0n) is 12.3. The molecule has 110 valence electrons. The number of para-hydroxylation sites is 1. The summed E-state index contributed by atoms with van der Waals surface area (Å²) in [5.74, 6) is 0.683. The molecule has 1 unspecified atom stereocenters. The number of aromatic nitrogens is 1. The predicted octanol–water partition coefficient (Wildman–Crippen LogP) is 2.10. The number of nitrogens with two attached hydrogens (primary N) is 1. The van der Waals surface area contributed by atoms with Gasteiger partial charge in [0.15, 0.2) is 0 Å². The van der Waals surface area contributed by atoms with Gasteiger partial charge in [0, 0.05) is 43.2 Å². The summed E-state index contributed by atoms with van der Waals surface area (Å²) in [4.78, 5) is 9.72. The molecule has 4 rings (SSSR count). The van der Waals surface area contributed by atoms with Gasteiger partial charge in [-0.2, -0.15) is 0 Å². The molecule has 0 bridgehead atoms. The highest BCUT2D eigenvalue weighted by Crippen LogP contribution is 2.24. The van der Waals surface area contributed by atoms with Crippen molar-refractivity contribution in [2.75, 3.05) is 31.9 Å². The summed E-state index contributed by atoms with van der Waals surface area (Å²) in [6, 6.07) is 11.2. The van der Waals surface area contributed by atoms with E-state index in [0.717, 1.165) is 24.6 Å². The van der Waals surface area contributed by atoms with E-state index in [-0.39, 0.29) is 0 Å². The molecule has 4 nitrogen and oxygen atoms in total. The number of hydrogen-bond donors (Lipinski definition) is 1. The molecule has 0 aliphatic carbocycles. The fraction of sp³-hybridized carbons (Fsp3) is 0.471. The van der Waals surface area contributed by atoms with E-state index in [4.69, 9.17) is 5.73 Å². The number of piperazine rings is 1. The molecule has 3 heterocycles. The lowest BCUT2D eigenvalue weighted by atomic mass is 10.1. The van der Waals surface area contributed by atoms with Crippen molar-refractivity contribution in [3.8, 4) is 0 Å². The molecule has 0 spiro atoms. The van der Waals surface area contributed by atoms with Gasteiger partial charge in [0.05, 0.1) is 5.52 Å². The fourth-order valence-corrected chi connectivity index (χ4v) is 3.74. The van der Waals surface area contributed by atoms with Crippen molar-refractivity contribution >= 4 is 16.7 Å². The van der Waals surface area contributed by atoms with Crippen molar-refractivity contribution in [3.05, 3.63) is 35.9 Å². The first-order chi connectivity index (χ1) is 10.3. The van der Waals surface area contributed by atoms with Crippen molar-refractivity contribution in [1.82, 2.24) is 14.8 Å². The number of nitrogens with zero attached hydrogens (tertiary/aromatic N) is 3. The van der Waals surface area contributed by atoms with Crippen LogP contribution in [0.1, 0.15) is 18.4 Å². The number of anilines is 1. The van der Waals surface area contributed by atoms with Gasteiger partial charge in [-0.1, -0.05) is 18.2 Å². The van der Waals surface area contributed by atoms with Crippen LogP contribution in [0.15, 0.2) is 30.3 Å². The van der Waals surface area contributed by atoms with Crippen LogP contribution in [-0.2, 0) is 6.54 Å². The molecule has 0 saturated carbocycles. The third kappa shape index (κ3) is 2.49. The summed E-state index contributed by atoms with van der Waals surface area (Å²) < 4.78 is 0. The van der Waals surface area contributed by atoms with Crippen molar-refractivity contribution in [1.29, 1.82) is 0 Å². The van der Waals surface area contributed by atoms with Gasteiger partial charge in [-0.25, -0.2) is 4.98 Å². The SMILES string of the molecule is Nc1nc2ccccc2cc1CN1CCN2CCCC2C1. The Bertz CT molecular complexity index is 654. The molecule has 2 N–H and O–H groups in total. The minimum absolute atomic E-state index is 0.683. The standard InChI is InChI=1S/C17H22N4/c18-17-14(10-13-4-1-2-6-16(13)19-17)11-20-8-9-21-7-3-5-15(21)12-20/h1-2,4,6,10,15H,3,5,7-9,11-12H2,(H2,18,19). The van der Waals surface area contributed by atoms with Gasteiger partial charge >= 0.3 is 0 Å². The lowest BCUT2D eigenvalue weighted by Crippen LogP contribution is -2.49. The molecule has 2 saturated heterocycles. The molecule has 0 amide bonds. The lowest BCUT2D eigenvalue weighted by Gasteiger charge is -2.37. The Morgan fingerprint density at radius 3 is 3.05 bits per heavy atom.